The molecule has 164 valence electrons. The van der Waals surface area contributed by atoms with Crippen LogP contribution in [-0.2, 0) is 0 Å². The minimum atomic E-state index is -1.89. The zero-order valence-electron chi connectivity index (χ0n) is 18.6. The van der Waals surface area contributed by atoms with E-state index in [-0.39, 0.29) is 31.6 Å². The second-order valence-corrected chi connectivity index (χ2v) is 15.9. The number of nitrogens with zero attached hydrogens (tertiary/aromatic N) is 1. The van der Waals surface area contributed by atoms with Gasteiger partial charge in [0, 0.05) is 0 Å². The van der Waals surface area contributed by atoms with E-state index in [1.165, 1.54) is 16.1 Å². The summed E-state index contributed by atoms with van der Waals surface area (Å²) >= 11 is -0.112. The van der Waals surface area contributed by atoms with Crippen LogP contribution in [0.3, 0.4) is 0 Å². The molecule has 0 fully saturated rings. The van der Waals surface area contributed by atoms with Gasteiger partial charge in [-0.2, -0.15) is 0 Å². The Labute approximate surface area is 203 Å². The zero-order chi connectivity index (χ0) is 23.2. The van der Waals surface area contributed by atoms with Crippen LogP contribution in [0.2, 0.25) is 13.1 Å². The van der Waals surface area contributed by atoms with Gasteiger partial charge >= 0.3 is 204 Å². The van der Waals surface area contributed by atoms with Gasteiger partial charge < -0.3 is 0 Å². The molecule has 0 amide bonds. The van der Waals surface area contributed by atoms with Crippen molar-refractivity contribution in [3.63, 3.8) is 0 Å². The summed E-state index contributed by atoms with van der Waals surface area (Å²) in [5.74, 6) is 1.30. The fourth-order valence-corrected chi connectivity index (χ4v) is 10.5. The Hall–Kier alpha value is -3.44. The van der Waals surface area contributed by atoms with E-state index in [0.29, 0.717) is 11.1 Å². The number of benzene rings is 3. The first-order valence-electron chi connectivity index (χ1n) is 11.2. The summed E-state index contributed by atoms with van der Waals surface area (Å²) in [6.45, 7) is 4.79. The van der Waals surface area contributed by atoms with Crippen molar-refractivity contribution in [1.82, 2.24) is 0 Å². The molecular weight excluding hydrogens is 505 g/mol. The molecule has 0 atom stereocenters. The monoisotopic (exact) mass is 525 g/mol. The Kier molecular flexibility index (Phi) is 3.99. The topological polar surface area (TPSA) is 46.6 Å². The molecule has 0 spiro atoms. The summed E-state index contributed by atoms with van der Waals surface area (Å²) in [5, 5.41) is 2.78. The van der Waals surface area contributed by atoms with Crippen LogP contribution in [0.4, 0.5) is 15.9 Å². The van der Waals surface area contributed by atoms with Crippen LogP contribution in [0, 0.1) is 0 Å². The molecule has 2 aliphatic heterocycles. The van der Waals surface area contributed by atoms with Crippen molar-refractivity contribution in [2.24, 2.45) is 0 Å². The molecule has 7 rings (SSSR count). The predicted molar refractivity (Wildman–Crippen MR) is 138 cm³/mol. The van der Waals surface area contributed by atoms with Gasteiger partial charge in [0.2, 0.25) is 0 Å². The second-order valence-electron chi connectivity index (χ2n) is 9.31. The average molecular weight is 525 g/mol. The minimum absolute atomic E-state index is 0.112. The average Bonchev–Trinajstić information content (AvgIpc) is 3.35. The third-order valence-electron chi connectivity index (χ3n) is 7.03. The van der Waals surface area contributed by atoms with E-state index < -0.39 is 8.07 Å². The summed E-state index contributed by atoms with van der Waals surface area (Å²) in [6.07, 6.45) is 1.78. The van der Waals surface area contributed by atoms with Crippen LogP contribution in [0.1, 0.15) is 25.2 Å². The van der Waals surface area contributed by atoms with Crippen molar-refractivity contribution < 1.29 is 14.3 Å². The molecule has 0 saturated carbocycles. The molecule has 0 radical (unpaired) electrons. The third-order valence-corrected chi connectivity index (χ3v) is 12.7. The number of hydrogen-bond acceptors (Lipinski definition) is 4. The number of fused-ring (bicyclic) bond motifs is 5. The van der Waals surface area contributed by atoms with Crippen molar-refractivity contribution in [1.29, 1.82) is 0 Å². The van der Waals surface area contributed by atoms with Gasteiger partial charge in [-0.15, -0.1) is 0 Å². The maximum atomic E-state index is 12.9. The fraction of sp³-hybridized carbons (Fsp3) is 0.0714. The van der Waals surface area contributed by atoms with E-state index in [1.807, 2.05) is 12.1 Å². The van der Waals surface area contributed by atoms with Crippen molar-refractivity contribution >= 4 is 66.5 Å². The summed E-state index contributed by atoms with van der Waals surface area (Å²) in [6, 6.07) is 24.1. The van der Waals surface area contributed by atoms with Gasteiger partial charge in [-0.3, -0.25) is 0 Å². The molecule has 3 heterocycles. The summed E-state index contributed by atoms with van der Waals surface area (Å²) in [4.78, 5) is 28.2. The number of anilines is 3. The van der Waals surface area contributed by atoms with Gasteiger partial charge in [-0.25, -0.2) is 0 Å². The van der Waals surface area contributed by atoms with E-state index in [1.54, 1.807) is 30.3 Å². The Bertz CT molecular complexity index is 1580. The number of para-hydroxylation sites is 2. The van der Waals surface area contributed by atoms with Crippen molar-refractivity contribution in [3.05, 3.63) is 93.9 Å². The van der Waals surface area contributed by atoms with Crippen LogP contribution < -0.4 is 20.0 Å². The van der Waals surface area contributed by atoms with Gasteiger partial charge in [-0.05, 0) is 0 Å². The van der Waals surface area contributed by atoms with Crippen molar-refractivity contribution in [2.75, 3.05) is 4.90 Å². The van der Waals surface area contributed by atoms with E-state index in [9.17, 15) is 9.59 Å². The van der Waals surface area contributed by atoms with Gasteiger partial charge in [0.1, 0.15) is 0 Å². The molecule has 3 aliphatic rings. The molecule has 4 nitrogen and oxygen atoms in total. The van der Waals surface area contributed by atoms with Crippen LogP contribution >= 0.6 is 0 Å². The standard InChI is InChI=1S/C28H19NO3SeSi/c1-34(2)23-12-6-5-10-20(23)29-25-21(11-7-13-24(25)34)32-22-15-16(33-28(22)29)14-19-26(30)17-8-3-4-9-18(17)27(19)31/h3-15H,1-2H3. The van der Waals surface area contributed by atoms with Gasteiger partial charge in [0.05, 0.1) is 0 Å². The van der Waals surface area contributed by atoms with Gasteiger partial charge in [0.15, 0.2) is 0 Å². The Morgan fingerprint density at radius 3 is 2.26 bits per heavy atom. The Balaban J connectivity index is 1.40. The Morgan fingerprint density at radius 2 is 1.50 bits per heavy atom. The zero-order valence-corrected chi connectivity index (χ0v) is 21.3. The van der Waals surface area contributed by atoms with E-state index in [0.717, 1.165) is 26.2 Å². The molecular formula is C28H19NO3SeSi. The molecule has 0 N–H and O–H groups in total. The number of ether oxygens (including phenoxy) is 1. The quantitative estimate of drug-likeness (QED) is 0.178. The predicted octanol–water partition coefficient (Wildman–Crippen LogP) is 4.92. The van der Waals surface area contributed by atoms with Crippen LogP contribution in [0.5, 0.6) is 11.5 Å². The first kappa shape index (κ1) is 20.0. The SMILES string of the molecule is C[Si]1(C)c2ccccc2N2c3[se]c(C=C4C(=O)c5ccccc5C4=O)cc3Oc3cccc1c32. The number of carbonyl (C=O) groups is 2. The molecule has 1 aromatic heterocycles. The number of Topliss-reactive ketones (excluding diaryl/α,β-unsaturated/α-hetero) is 2. The first-order chi connectivity index (χ1) is 16.4. The first-order valence-corrected chi connectivity index (χ1v) is 15.9. The number of rotatable bonds is 1. The van der Waals surface area contributed by atoms with Crippen molar-refractivity contribution in [3.8, 4) is 11.5 Å². The van der Waals surface area contributed by atoms with Crippen LogP contribution in [-0.4, -0.2) is 34.1 Å². The molecule has 34 heavy (non-hydrogen) atoms. The van der Waals surface area contributed by atoms with E-state index in [4.69, 9.17) is 4.74 Å². The van der Waals surface area contributed by atoms with Crippen LogP contribution in [0.15, 0.2) is 78.4 Å². The molecule has 3 aromatic carbocycles. The van der Waals surface area contributed by atoms with E-state index >= 15 is 0 Å². The van der Waals surface area contributed by atoms with Crippen LogP contribution in [0.25, 0.3) is 6.08 Å². The molecule has 6 heteroatoms. The summed E-state index contributed by atoms with van der Waals surface area (Å²) in [5.41, 5.74) is 3.61. The van der Waals surface area contributed by atoms with Gasteiger partial charge in [0.25, 0.3) is 0 Å². The number of carbonyl (C=O) groups excluding carboxylic acids is 2. The fourth-order valence-electron chi connectivity index (χ4n) is 5.36. The maximum absolute atomic E-state index is 12.9. The number of hydrogen-bond donors (Lipinski definition) is 0. The third kappa shape index (κ3) is 2.53. The molecule has 0 saturated heterocycles. The molecule has 0 unspecified atom stereocenters. The number of ketones is 2. The molecule has 4 aromatic rings. The Morgan fingerprint density at radius 1 is 0.824 bits per heavy atom. The van der Waals surface area contributed by atoms with E-state index in [2.05, 4.69) is 54.4 Å². The molecule has 1 aliphatic carbocycles. The summed E-state index contributed by atoms with van der Waals surface area (Å²) < 4.78 is 8.51. The second kappa shape index (κ2) is 6.80. The van der Waals surface area contributed by atoms with Crippen molar-refractivity contribution in [2.45, 2.75) is 13.1 Å². The number of allylic oxidation sites excluding steroid dienone is 1. The van der Waals surface area contributed by atoms with Gasteiger partial charge in [-0.1, -0.05) is 0 Å². The normalized spacial score (nSPS) is 16.4. The summed E-state index contributed by atoms with van der Waals surface area (Å²) in [7, 11) is -1.89. The molecule has 0 bridgehead atoms.